The third-order valence-corrected chi connectivity index (χ3v) is 25.8. The van der Waals surface area contributed by atoms with Crippen molar-refractivity contribution in [3.8, 4) is 5.75 Å². The number of ether oxygens (including phenoxy) is 4. The maximum atomic E-state index is 16.3. The van der Waals surface area contributed by atoms with Crippen LogP contribution in [0.5, 0.6) is 5.75 Å². The van der Waals surface area contributed by atoms with E-state index in [-0.39, 0.29) is 108 Å². The van der Waals surface area contributed by atoms with Crippen molar-refractivity contribution in [3.63, 3.8) is 0 Å². The monoisotopic (exact) mass is 1250 g/mol. The number of aliphatic hydroxyl groups is 4. The van der Waals surface area contributed by atoms with Crippen molar-refractivity contribution in [1.29, 1.82) is 0 Å². The lowest BCUT2D eigenvalue weighted by Crippen LogP contribution is -2.65. The molecule has 3 saturated carbocycles. The zero-order valence-corrected chi connectivity index (χ0v) is 53.1. The van der Waals surface area contributed by atoms with Gasteiger partial charge in [-0.2, -0.15) is 0 Å². The molecule has 16 unspecified atom stereocenters. The van der Waals surface area contributed by atoms with Crippen LogP contribution in [0.25, 0.3) is 23.1 Å². The Hall–Kier alpha value is -7.19. The molecule has 1 aromatic heterocycles. The highest BCUT2D eigenvalue weighted by molar-refractivity contribution is 5.91. The number of rotatable bonds is 9. The first-order chi connectivity index (χ1) is 45.5. The molecule has 8 bridgehead atoms. The molecule has 0 radical (unpaired) electrons. The average molecular weight is 1250 g/mol. The Kier molecular flexibility index (Phi) is 14.7. The predicted molar refractivity (Wildman–Crippen MR) is 353 cm³/mol. The molecule has 5 aromatic carbocycles. The van der Waals surface area contributed by atoms with Gasteiger partial charge in [0.15, 0.2) is 17.8 Å². The number of esters is 2. The number of aliphatic hydroxyl groups excluding tert-OH is 4. The van der Waals surface area contributed by atoms with Gasteiger partial charge in [0, 0.05) is 58.6 Å². The third kappa shape index (κ3) is 8.96. The smallest absolute Gasteiger partial charge is 0.340 e. The Morgan fingerprint density at radius 1 is 0.742 bits per heavy atom. The number of carbonyl (C=O) groups excluding carboxylic acids is 2. The van der Waals surface area contributed by atoms with Gasteiger partial charge in [-0.05, 0) is 223 Å². The van der Waals surface area contributed by atoms with E-state index in [0.29, 0.717) is 59.8 Å². The van der Waals surface area contributed by atoms with E-state index in [1.54, 1.807) is 13.0 Å². The van der Waals surface area contributed by atoms with Crippen molar-refractivity contribution in [1.82, 2.24) is 0 Å². The fourth-order valence-corrected chi connectivity index (χ4v) is 22.2. The summed E-state index contributed by atoms with van der Waals surface area (Å²) in [4.78, 5) is 47.4. The van der Waals surface area contributed by atoms with Gasteiger partial charge in [-0.25, -0.2) is 9.59 Å². The summed E-state index contributed by atoms with van der Waals surface area (Å²) in [5.74, 6) is -0.890. The van der Waals surface area contributed by atoms with Crippen molar-refractivity contribution in [2.75, 3.05) is 26.6 Å². The van der Waals surface area contributed by atoms with E-state index < -0.39 is 60.1 Å². The van der Waals surface area contributed by atoms with Crippen LogP contribution in [0.15, 0.2) is 142 Å². The molecule has 3 aliphatic heterocycles. The van der Waals surface area contributed by atoms with Gasteiger partial charge in [0.05, 0.1) is 25.4 Å². The molecule has 93 heavy (non-hydrogen) atoms. The molecule has 4 N–H and O–H groups in total. The second-order valence-electron chi connectivity index (χ2n) is 29.7. The van der Waals surface area contributed by atoms with Crippen LogP contribution in [-0.4, -0.2) is 70.7 Å². The summed E-state index contributed by atoms with van der Waals surface area (Å²) in [7, 11) is 0. The van der Waals surface area contributed by atoms with Gasteiger partial charge in [-0.15, -0.1) is 0 Å². The lowest BCUT2D eigenvalue weighted by atomic mass is 9.48. The summed E-state index contributed by atoms with van der Waals surface area (Å²) in [5, 5.41) is 43.1. The molecule has 6 aromatic rings. The van der Waals surface area contributed by atoms with Crippen molar-refractivity contribution in [3.05, 3.63) is 215 Å². The van der Waals surface area contributed by atoms with Crippen LogP contribution in [0, 0.1) is 35.0 Å². The molecular weight excluding hydrogens is 1160 g/mol. The van der Waals surface area contributed by atoms with E-state index in [1.165, 1.54) is 68.5 Å². The quantitative estimate of drug-likeness (QED) is 0.0354. The first kappa shape index (κ1) is 59.5. The molecule has 0 amide bonds. The maximum absolute atomic E-state index is 16.3. The van der Waals surface area contributed by atoms with Crippen molar-refractivity contribution in [2.45, 2.75) is 175 Å². The van der Waals surface area contributed by atoms with Gasteiger partial charge in [-0.1, -0.05) is 128 Å². The minimum absolute atomic E-state index is 0.00246. The van der Waals surface area contributed by atoms with Crippen LogP contribution >= 0.6 is 0 Å². The standard InChI is InChI=1S/C81H84O12/c1-45(41-83)62-36-50-17-18-51-40-79-32-8-33-80(70(79)39-64-57-13-4-2-9-46(57)22-29-67(64)79)76(92-77(62)87)75(73-69(93-80)30-28-61-65(42-84)72(78(88)91-74(61)73)52(31-34-82)43-89-44-85)90-71(86)38-53-35-48(20-25-56(53)49-21-26-59(50)63(51)37-49)58-14-7-16-68-60(58)27-24-55-12-6-11-54-23-19-47-10-3-5-15-66(47)81(54,55)68/h2-5,7,9-10,13-16,19-23,25-26,28-30,37,48,50-56,64,67,70,75-76,82-85H,6,8,11-12,17-18,24,27,31-36,38-44H2,1H3. The first-order valence-electron chi connectivity index (χ1n) is 34.9. The van der Waals surface area contributed by atoms with Crippen LogP contribution in [-0.2, 0) is 42.2 Å². The molecule has 12 heteroatoms. The minimum Gasteiger partial charge on any atom is -0.482 e. The molecule has 12 nitrogen and oxygen atoms in total. The van der Waals surface area contributed by atoms with Crippen molar-refractivity contribution < 1.29 is 53.4 Å². The van der Waals surface area contributed by atoms with Gasteiger partial charge in [-0.3, -0.25) is 4.79 Å². The van der Waals surface area contributed by atoms with Crippen LogP contribution in [0.4, 0.5) is 0 Å². The predicted octanol–water partition coefficient (Wildman–Crippen LogP) is 14.2. The average Bonchev–Trinajstić information content (AvgIpc) is 1.65. The zero-order valence-electron chi connectivity index (χ0n) is 53.1. The third-order valence-electron chi connectivity index (χ3n) is 25.8. The van der Waals surface area contributed by atoms with Crippen LogP contribution in [0.2, 0.25) is 0 Å². The van der Waals surface area contributed by atoms with Gasteiger partial charge in [0.25, 0.3) is 0 Å². The molecule has 4 fully saturated rings. The number of allylic oxidation sites excluding steroid dienone is 4. The number of carbonyl (C=O) groups is 2. The molecular formula is C81H84O12. The molecule has 16 atom stereocenters. The molecule has 2 spiro atoms. The van der Waals surface area contributed by atoms with E-state index in [1.807, 2.05) is 6.07 Å². The van der Waals surface area contributed by atoms with Crippen LogP contribution < -0.4 is 10.4 Å². The summed E-state index contributed by atoms with van der Waals surface area (Å²) < 4.78 is 34.7. The summed E-state index contributed by atoms with van der Waals surface area (Å²) in [6, 6.07) is 35.7. The first-order valence-corrected chi connectivity index (χ1v) is 34.9. The summed E-state index contributed by atoms with van der Waals surface area (Å²) >= 11 is 0. The molecule has 17 rings (SSSR count). The number of hydrogen-bond acceptors (Lipinski definition) is 12. The fraction of sp³-hybridized carbons (Fsp3) is 0.469. The van der Waals surface area contributed by atoms with Crippen molar-refractivity contribution >= 4 is 35.1 Å². The van der Waals surface area contributed by atoms with E-state index in [2.05, 4.69) is 121 Å². The van der Waals surface area contributed by atoms with E-state index in [9.17, 15) is 25.2 Å². The lowest BCUT2D eigenvalue weighted by Gasteiger charge is -2.58. The molecule has 480 valence electrons. The van der Waals surface area contributed by atoms with Crippen LogP contribution in [0.3, 0.4) is 0 Å². The largest absolute Gasteiger partial charge is 0.482 e. The summed E-state index contributed by atoms with van der Waals surface area (Å²) in [6.45, 7) is -0.214. The molecule has 4 heterocycles. The lowest BCUT2D eigenvalue weighted by molar-refractivity contribution is -0.222. The second kappa shape index (κ2) is 23.0. The molecule has 1 saturated heterocycles. The highest BCUT2D eigenvalue weighted by Gasteiger charge is 2.71. The number of hydrogen-bond donors (Lipinski definition) is 4. The Balaban J connectivity index is 0.883. The van der Waals surface area contributed by atoms with E-state index >= 15 is 9.59 Å². The van der Waals surface area contributed by atoms with Gasteiger partial charge in [0.1, 0.15) is 18.1 Å². The zero-order chi connectivity index (χ0) is 63.1. The Morgan fingerprint density at radius 3 is 2.43 bits per heavy atom. The number of fused-ring (bicyclic) bond motifs is 15. The highest BCUT2D eigenvalue weighted by atomic mass is 16.6. The summed E-state index contributed by atoms with van der Waals surface area (Å²) in [5.41, 5.74) is 12.2. The topological polar surface area (TPSA) is 182 Å². The molecule has 8 aliphatic carbocycles. The normalized spacial score (nSPS) is 33.9. The Bertz CT molecular complexity index is 4220. The fourth-order valence-electron chi connectivity index (χ4n) is 22.2. The van der Waals surface area contributed by atoms with Gasteiger partial charge < -0.3 is 43.8 Å². The Morgan fingerprint density at radius 2 is 1.57 bits per heavy atom. The van der Waals surface area contributed by atoms with Crippen LogP contribution in [0.1, 0.15) is 217 Å². The highest BCUT2D eigenvalue weighted by Crippen LogP contribution is 2.72. The van der Waals surface area contributed by atoms with E-state index in [4.69, 9.17) is 23.4 Å². The number of benzene rings is 5. The maximum Gasteiger partial charge on any atom is 0.340 e. The Labute approximate surface area is 543 Å². The summed E-state index contributed by atoms with van der Waals surface area (Å²) in [6.07, 6.45) is 24.2. The minimum atomic E-state index is -1.38. The van der Waals surface area contributed by atoms with Gasteiger partial charge >= 0.3 is 17.6 Å². The molecule has 11 aliphatic rings. The van der Waals surface area contributed by atoms with Gasteiger partial charge in [0.2, 0.25) is 0 Å². The second-order valence-corrected chi connectivity index (χ2v) is 29.7. The van der Waals surface area contributed by atoms with Crippen molar-refractivity contribution in [2.24, 2.45) is 35.0 Å². The van der Waals surface area contributed by atoms with E-state index in [0.717, 1.165) is 51.4 Å². The SMILES string of the molecule is CC(CO)=C1CC2CCC3CC45CCCC6(Oc7ccc8c(CO)c(C(CCO)COCO)c(=O)oc8c7C(OC(=O)CC7CC(c8cccc9c8CCC8CCCC%10C=Cc%11ccccc%11C9%108)C=CC7c7ccc2c3c7)C6OC1=O)C4CC1c2ccccc2C=CC15.